The van der Waals surface area contributed by atoms with Gasteiger partial charge in [-0.05, 0) is 36.4 Å². The van der Waals surface area contributed by atoms with Gasteiger partial charge in [-0.2, -0.15) is 13.2 Å². The van der Waals surface area contributed by atoms with Crippen LogP contribution >= 0.6 is 11.6 Å². The number of hydrogen-bond donors (Lipinski definition) is 1. The number of rotatable bonds is 6. The molecule has 2 aromatic rings. The van der Waals surface area contributed by atoms with Gasteiger partial charge in [0.1, 0.15) is 18.1 Å². The molecule has 0 aliphatic heterocycles. The zero-order valence-corrected chi connectivity index (χ0v) is 13.9. The summed E-state index contributed by atoms with van der Waals surface area (Å²) in [5.74, 6) is -0.00176. The van der Waals surface area contributed by atoms with E-state index in [2.05, 4.69) is 5.32 Å². The van der Waals surface area contributed by atoms with E-state index in [1.54, 1.807) is 6.07 Å². The van der Waals surface area contributed by atoms with Crippen molar-refractivity contribution in [3.63, 3.8) is 0 Å². The number of ether oxygens (including phenoxy) is 2. The Labute approximate surface area is 147 Å². The van der Waals surface area contributed by atoms with Crippen LogP contribution in [-0.2, 0) is 6.18 Å². The Balaban J connectivity index is 1.88. The van der Waals surface area contributed by atoms with Crippen LogP contribution in [0.4, 0.5) is 13.2 Å². The Kier molecular flexibility index (Phi) is 6.14. The molecule has 2 rings (SSSR count). The van der Waals surface area contributed by atoms with Gasteiger partial charge in [-0.1, -0.05) is 17.7 Å². The first kappa shape index (κ1) is 18.9. The van der Waals surface area contributed by atoms with Gasteiger partial charge in [0.2, 0.25) is 0 Å². The van der Waals surface area contributed by atoms with Gasteiger partial charge in [0.25, 0.3) is 5.91 Å². The van der Waals surface area contributed by atoms with Crippen LogP contribution in [0, 0.1) is 0 Å². The second-order valence-electron chi connectivity index (χ2n) is 4.97. The highest BCUT2D eigenvalue weighted by atomic mass is 35.5. The number of nitrogens with one attached hydrogen (secondary N) is 1. The predicted molar refractivity (Wildman–Crippen MR) is 87.3 cm³/mol. The summed E-state index contributed by atoms with van der Waals surface area (Å²) in [5, 5.41) is 3.03. The summed E-state index contributed by atoms with van der Waals surface area (Å²) in [7, 11) is 1.42. The van der Waals surface area contributed by atoms with E-state index in [-0.39, 0.29) is 18.9 Å². The van der Waals surface area contributed by atoms with Crippen molar-refractivity contribution in [1.29, 1.82) is 0 Å². The minimum Gasteiger partial charge on any atom is -0.496 e. The molecule has 25 heavy (non-hydrogen) atoms. The van der Waals surface area contributed by atoms with Gasteiger partial charge in [0, 0.05) is 5.02 Å². The van der Waals surface area contributed by atoms with Crippen LogP contribution in [-0.4, -0.2) is 26.2 Å². The molecule has 0 spiro atoms. The Morgan fingerprint density at radius 2 is 1.96 bits per heavy atom. The van der Waals surface area contributed by atoms with E-state index in [0.717, 1.165) is 12.1 Å². The first-order chi connectivity index (χ1) is 11.8. The maximum atomic E-state index is 12.6. The normalized spacial score (nSPS) is 11.1. The summed E-state index contributed by atoms with van der Waals surface area (Å²) in [4.78, 5) is 12.1. The highest BCUT2D eigenvalue weighted by Crippen LogP contribution is 2.31. The summed E-state index contributed by atoms with van der Waals surface area (Å²) in [6.07, 6.45) is -4.43. The van der Waals surface area contributed by atoms with Crippen LogP contribution in [0.2, 0.25) is 5.02 Å². The SMILES string of the molecule is COc1cc(Cl)ccc1C(=O)NCCOc1cccc(C(F)(F)F)c1. The van der Waals surface area contributed by atoms with Gasteiger partial charge in [-0.3, -0.25) is 4.79 Å². The minimum absolute atomic E-state index is 0.0168. The zero-order valence-electron chi connectivity index (χ0n) is 13.2. The molecule has 0 radical (unpaired) electrons. The lowest BCUT2D eigenvalue weighted by atomic mass is 10.2. The molecule has 4 nitrogen and oxygen atoms in total. The number of methoxy groups -OCH3 is 1. The number of carbonyl (C=O) groups is 1. The Morgan fingerprint density at radius 1 is 1.20 bits per heavy atom. The fourth-order valence-electron chi connectivity index (χ4n) is 2.04. The summed E-state index contributed by atoms with van der Waals surface area (Å²) < 4.78 is 48.2. The number of benzene rings is 2. The van der Waals surface area contributed by atoms with E-state index in [1.807, 2.05) is 0 Å². The molecule has 8 heteroatoms. The second-order valence-corrected chi connectivity index (χ2v) is 5.41. The molecule has 1 N–H and O–H groups in total. The van der Waals surface area contributed by atoms with Gasteiger partial charge in [0.15, 0.2) is 0 Å². The number of carbonyl (C=O) groups excluding carboxylic acids is 1. The van der Waals surface area contributed by atoms with Crippen molar-refractivity contribution < 1.29 is 27.4 Å². The van der Waals surface area contributed by atoms with Gasteiger partial charge < -0.3 is 14.8 Å². The maximum absolute atomic E-state index is 12.6. The molecule has 0 aliphatic rings. The van der Waals surface area contributed by atoms with Crippen molar-refractivity contribution in [2.45, 2.75) is 6.18 Å². The summed E-state index contributed by atoms with van der Waals surface area (Å²) in [5.41, 5.74) is -0.495. The van der Waals surface area contributed by atoms with E-state index < -0.39 is 17.6 Å². The molecule has 0 aliphatic carbocycles. The van der Waals surface area contributed by atoms with E-state index in [4.69, 9.17) is 21.1 Å². The van der Waals surface area contributed by atoms with Crippen molar-refractivity contribution in [3.8, 4) is 11.5 Å². The third kappa shape index (κ3) is 5.29. The lowest BCUT2D eigenvalue weighted by Gasteiger charge is -2.12. The standard InChI is InChI=1S/C17H15ClF3NO3/c1-24-15-10-12(18)5-6-14(15)16(23)22-7-8-25-13-4-2-3-11(9-13)17(19,20)21/h2-6,9-10H,7-8H2,1H3,(H,22,23). The van der Waals surface area contributed by atoms with Crippen molar-refractivity contribution >= 4 is 17.5 Å². The van der Waals surface area contributed by atoms with Crippen molar-refractivity contribution in [2.75, 3.05) is 20.3 Å². The van der Waals surface area contributed by atoms with Crippen molar-refractivity contribution in [2.24, 2.45) is 0 Å². The second kappa shape index (κ2) is 8.11. The van der Waals surface area contributed by atoms with E-state index in [9.17, 15) is 18.0 Å². The molecule has 0 heterocycles. The summed E-state index contributed by atoms with van der Waals surface area (Å²) in [6, 6.07) is 9.12. The molecule has 0 bridgehead atoms. The molecule has 1 amide bonds. The maximum Gasteiger partial charge on any atom is 0.416 e. The van der Waals surface area contributed by atoms with Crippen LogP contribution in [0.1, 0.15) is 15.9 Å². The number of hydrogen-bond acceptors (Lipinski definition) is 3. The van der Waals surface area contributed by atoms with E-state index in [1.165, 1.54) is 31.4 Å². The zero-order chi connectivity index (χ0) is 18.4. The fraction of sp³-hybridized carbons (Fsp3) is 0.235. The van der Waals surface area contributed by atoms with Gasteiger partial charge in [0.05, 0.1) is 24.8 Å². The molecule has 0 fully saturated rings. The number of amides is 1. The molecule has 2 aromatic carbocycles. The lowest BCUT2D eigenvalue weighted by Crippen LogP contribution is -2.28. The lowest BCUT2D eigenvalue weighted by molar-refractivity contribution is -0.137. The van der Waals surface area contributed by atoms with Gasteiger partial charge in [-0.15, -0.1) is 0 Å². The van der Waals surface area contributed by atoms with Gasteiger partial charge in [-0.25, -0.2) is 0 Å². The van der Waals surface area contributed by atoms with Crippen LogP contribution in [0.3, 0.4) is 0 Å². The average Bonchev–Trinajstić information content (AvgIpc) is 2.58. The van der Waals surface area contributed by atoms with Crippen LogP contribution in [0.5, 0.6) is 11.5 Å². The number of halogens is 4. The number of alkyl halides is 3. The predicted octanol–water partition coefficient (Wildman–Crippen LogP) is 4.18. The third-order valence-electron chi connectivity index (χ3n) is 3.23. The average molecular weight is 374 g/mol. The topological polar surface area (TPSA) is 47.6 Å². The molecule has 0 aromatic heterocycles. The van der Waals surface area contributed by atoms with E-state index in [0.29, 0.717) is 16.3 Å². The molecular weight excluding hydrogens is 359 g/mol. The van der Waals surface area contributed by atoms with E-state index >= 15 is 0 Å². The molecule has 0 saturated heterocycles. The smallest absolute Gasteiger partial charge is 0.416 e. The van der Waals surface area contributed by atoms with Gasteiger partial charge >= 0.3 is 6.18 Å². The van der Waals surface area contributed by atoms with Crippen LogP contribution in [0.25, 0.3) is 0 Å². The largest absolute Gasteiger partial charge is 0.496 e. The van der Waals surface area contributed by atoms with Crippen LogP contribution < -0.4 is 14.8 Å². The molecule has 0 saturated carbocycles. The molecule has 134 valence electrons. The fourth-order valence-corrected chi connectivity index (χ4v) is 2.21. The third-order valence-corrected chi connectivity index (χ3v) is 3.46. The highest BCUT2D eigenvalue weighted by molar-refractivity contribution is 6.30. The first-order valence-corrected chi connectivity index (χ1v) is 7.61. The Bertz CT molecular complexity index is 750. The minimum atomic E-state index is -4.43. The highest BCUT2D eigenvalue weighted by Gasteiger charge is 2.30. The quantitative estimate of drug-likeness (QED) is 0.773. The first-order valence-electron chi connectivity index (χ1n) is 7.23. The monoisotopic (exact) mass is 373 g/mol. The Hall–Kier alpha value is -2.41. The Morgan fingerprint density at radius 3 is 2.64 bits per heavy atom. The molecule has 0 atom stereocenters. The molecule has 0 unspecified atom stereocenters. The van der Waals surface area contributed by atoms with Crippen molar-refractivity contribution in [1.82, 2.24) is 5.32 Å². The molecular formula is C17H15ClF3NO3. The van der Waals surface area contributed by atoms with Crippen LogP contribution in [0.15, 0.2) is 42.5 Å². The van der Waals surface area contributed by atoms with Crippen molar-refractivity contribution in [3.05, 3.63) is 58.6 Å². The summed E-state index contributed by atoms with van der Waals surface area (Å²) in [6.45, 7) is 0.129. The summed E-state index contributed by atoms with van der Waals surface area (Å²) >= 11 is 5.83.